The van der Waals surface area contributed by atoms with E-state index in [1.165, 1.54) is 12.8 Å². The predicted molar refractivity (Wildman–Crippen MR) is 130 cm³/mol. The number of hydrogen-bond donors (Lipinski definition) is 2. The summed E-state index contributed by atoms with van der Waals surface area (Å²) in [5.74, 6) is 2.61. The van der Waals surface area contributed by atoms with Crippen molar-refractivity contribution in [3.8, 4) is 0 Å². The highest BCUT2D eigenvalue weighted by atomic mass is 35.5. The van der Waals surface area contributed by atoms with Gasteiger partial charge in [0.15, 0.2) is 5.82 Å². The molecule has 2 saturated heterocycles. The van der Waals surface area contributed by atoms with Crippen LogP contribution in [0.15, 0.2) is 4.52 Å². The number of piperidine rings is 1. The summed E-state index contributed by atoms with van der Waals surface area (Å²) in [5, 5.41) is 10.9. The van der Waals surface area contributed by atoms with E-state index in [2.05, 4.69) is 25.7 Å². The second-order valence-electron chi connectivity index (χ2n) is 9.93. The van der Waals surface area contributed by atoms with Crippen LogP contribution in [0, 0.1) is 11.3 Å². The highest BCUT2D eigenvalue weighted by molar-refractivity contribution is 5.85. The van der Waals surface area contributed by atoms with Gasteiger partial charge >= 0.3 is 0 Å². The molecule has 3 atom stereocenters. The first-order valence-electron chi connectivity index (χ1n) is 12.4. The van der Waals surface area contributed by atoms with Gasteiger partial charge in [0.05, 0.1) is 18.6 Å². The molecule has 3 heterocycles. The lowest BCUT2D eigenvalue weighted by Crippen LogP contribution is -2.60. The molecule has 0 aromatic carbocycles. The van der Waals surface area contributed by atoms with Crippen molar-refractivity contribution < 1.29 is 14.1 Å². The summed E-state index contributed by atoms with van der Waals surface area (Å²) in [6.07, 6.45) is 9.72. The van der Waals surface area contributed by atoms with Gasteiger partial charge < -0.3 is 19.9 Å². The van der Waals surface area contributed by atoms with Gasteiger partial charge in [-0.2, -0.15) is 4.98 Å². The number of hydrogen-bond acceptors (Lipinski definition) is 7. The highest BCUT2D eigenvalue weighted by Gasteiger charge is 2.50. The first-order chi connectivity index (χ1) is 15.2. The lowest BCUT2D eigenvalue weighted by atomic mass is 9.61. The molecule has 1 aromatic heterocycles. The monoisotopic (exact) mass is 503 g/mol. The molecular weight excluding hydrogens is 465 g/mol. The Morgan fingerprint density at radius 3 is 2.73 bits per heavy atom. The van der Waals surface area contributed by atoms with Gasteiger partial charge in [-0.1, -0.05) is 18.0 Å². The fraction of sp³-hybridized carbons (Fsp3) is 0.870. The van der Waals surface area contributed by atoms with Crippen molar-refractivity contribution in [1.82, 2.24) is 25.7 Å². The summed E-state index contributed by atoms with van der Waals surface area (Å²) in [7, 11) is 0. The lowest BCUT2D eigenvalue weighted by molar-refractivity contribution is -0.140. The Kier molecular flexibility index (Phi) is 9.83. The van der Waals surface area contributed by atoms with E-state index in [4.69, 9.17) is 9.26 Å². The minimum absolute atomic E-state index is 0. The Hall–Kier alpha value is -0.930. The zero-order valence-corrected chi connectivity index (χ0v) is 21.1. The van der Waals surface area contributed by atoms with E-state index in [-0.39, 0.29) is 36.1 Å². The Morgan fingerprint density at radius 1 is 1.15 bits per heavy atom. The molecule has 0 radical (unpaired) electrons. The van der Waals surface area contributed by atoms with Crippen LogP contribution in [-0.2, 0) is 16.0 Å². The number of morpholine rings is 1. The van der Waals surface area contributed by atoms with Crippen molar-refractivity contribution in [3.05, 3.63) is 11.7 Å². The number of carbonyl (C=O) groups is 1. The van der Waals surface area contributed by atoms with Crippen molar-refractivity contribution >= 4 is 30.7 Å². The SMILES string of the molecule is Cl.Cl.O=C(NCCc1noc(C2CCCC2)n1)[C@@]12CC[C@@H](N3CCOCC3)C[C@H]1CCNC2. The molecule has 1 amide bonds. The standard InChI is InChI=1S/C23H37N5O3.2ClH/c29-22(25-10-7-20-26-21(31-27-20)17-3-1-2-4-17)23-8-5-19(28-11-13-30-14-12-28)15-18(23)6-9-24-16-23;;/h17-19,24H,1-16H2,(H,25,29);2*1H/t18-,19-,23-;;/m1../s1. The van der Waals surface area contributed by atoms with Crippen LogP contribution in [0.3, 0.4) is 0 Å². The number of rotatable bonds is 6. The summed E-state index contributed by atoms with van der Waals surface area (Å²) in [6, 6.07) is 0.598. The van der Waals surface area contributed by atoms with Crippen molar-refractivity contribution in [3.63, 3.8) is 0 Å². The third-order valence-corrected chi connectivity index (χ3v) is 8.21. The van der Waals surface area contributed by atoms with Gasteiger partial charge in [0, 0.05) is 44.6 Å². The van der Waals surface area contributed by atoms with Gasteiger partial charge in [-0.15, -0.1) is 24.8 Å². The molecule has 5 rings (SSSR count). The summed E-state index contributed by atoms with van der Waals surface area (Å²) < 4.78 is 11.0. The molecule has 4 aliphatic rings. The van der Waals surface area contributed by atoms with E-state index in [0.29, 0.717) is 36.7 Å². The van der Waals surface area contributed by atoms with E-state index < -0.39 is 0 Å². The van der Waals surface area contributed by atoms with Crippen LogP contribution in [0.5, 0.6) is 0 Å². The first kappa shape index (κ1) is 26.7. The molecule has 188 valence electrons. The van der Waals surface area contributed by atoms with Gasteiger partial charge in [0.25, 0.3) is 0 Å². The van der Waals surface area contributed by atoms with Gasteiger partial charge in [-0.3, -0.25) is 9.69 Å². The molecule has 2 aliphatic carbocycles. The Bertz CT molecular complexity index is 754. The number of nitrogens with one attached hydrogen (secondary N) is 2. The molecule has 10 heteroatoms. The maximum Gasteiger partial charge on any atom is 0.229 e. The van der Waals surface area contributed by atoms with Crippen LogP contribution in [0.2, 0.25) is 0 Å². The second kappa shape index (κ2) is 12.2. The average Bonchev–Trinajstić information content (AvgIpc) is 3.51. The van der Waals surface area contributed by atoms with E-state index in [1.807, 2.05) is 0 Å². The molecule has 2 aliphatic heterocycles. The van der Waals surface area contributed by atoms with Crippen molar-refractivity contribution in [2.24, 2.45) is 11.3 Å². The van der Waals surface area contributed by atoms with Crippen molar-refractivity contribution in [1.29, 1.82) is 0 Å². The number of amides is 1. The van der Waals surface area contributed by atoms with Crippen LogP contribution < -0.4 is 10.6 Å². The number of carbonyl (C=O) groups excluding carboxylic acids is 1. The van der Waals surface area contributed by atoms with Gasteiger partial charge in [-0.25, -0.2) is 0 Å². The topological polar surface area (TPSA) is 92.5 Å². The lowest BCUT2D eigenvalue weighted by Gasteiger charge is -2.50. The summed E-state index contributed by atoms with van der Waals surface area (Å²) >= 11 is 0. The number of ether oxygens (including phenoxy) is 1. The largest absolute Gasteiger partial charge is 0.379 e. The van der Waals surface area contributed by atoms with E-state index >= 15 is 0 Å². The Morgan fingerprint density at radius 2 is 1.94 bits per heavy atom. The van der Waals surface area contributed by atoms with Crippen LogP contribution in [0.4, 0.5) is 0 Å². The second-order valence-corrected chi connectivity index (χ2v) is 9.93. The minimum Gasteiger partial charge on any atom is -0.379 e. The third kappa shape index (κ3) is 5.84. The van der Waals surface area contributed by atoms with E-state index in [1.54, 1.807) is 0 Å². The van der Waals surface area contributed by atoms with Crippen LogP contribution in [0.25, 0.3) is 0 Å². The van der Waals surface area contributed by atoms with E-state index in [9.17, 15) is 4.79 Å². The molecule has 2 saturated carbocycles. The quantitative estimate of drug-likeness (QED) is 0.616. The average molecular weight is 505 g/mol. The van der Waals surface area contributed by atoms with Crippen molar-refractivity contribution in [2.75, 3.05) is 45.9 Å². The van der Waals surface area contributed by atoms with Gasteiger partial charge in [0.1, 0.15) is 0 Å². The molecule has 0 unspecified atom stereocenters. The van der Waals surface area contributed by atoms with Crippen molar-refractivity contribution in [2.45, 2.75) is 69.7 Å². The third-order valence-electron chi connectivity index (χ3n) is 8.21. The van der Waals surface area contributed by atoms with Crippen LogP contribution >= 0.6 is 24.8 Å². The van der Waals surface area contributed by atoms with Gasteiger partial charge in [-0.05, 0) is 51.0 Å². The molecule has 2 N–H and O–H groups in total. The molecule has 4 fully saturated rings. The van der Waals surface area contributed by atoms with E-state index in [0.717, 1.165) is 83.8 Å². The molecule has 8 nitrogen and oxygen atoms in total. The zero-order chi connectivity index (χ0) is 21.1. The maximum atomic E-state index is 13.4. The smallest absolute Gasteiger partial charge is 0.229 e. The van der Waals surface area contributed by atoms with Gasteiger partial charge in [0.2, 0.25) is 11.8 Å². The molecule has 0 bridgehead atoms. The predicted octanol–water partition coefficient (Wildman–Crippen LogP) is 2.71. The Labute approximate surface area is 209 Å². The highest BCUT2D eigenvalue weighted by Crippen LogP contribution is 2.46. The fourth-order valence-corrected chi connectivity index (χ4v) is 6.34. The number of nitrogens with zero attached hydrogens (tertiary/aromatic N) is 3. The number of halogens is 2. The minimum atomic E-state index is -0.271. The summed E-state index contributed by atoms with van der Waals surface area (Å²) in [5.41, 5.74) is -0.271. The van der Waals surface area contributed by atoms with Crippen LogP contribution in [0.1, 0.15) is 69.0 Å². The Balaban J connectivity index is 0.00000153. The maximum absolute atomic E-state index is 13.4. The fourth-order valence-electron chi connectivity index (χ4n) is 6.34. The molecular formula is C23H39Cl2N5O3. The zero-order valence-electron chi connectivity index (χ0n) is 19.4. The molecule has 1 aromatic rings. The molecule has 33 heavy (non-hydrogen) atoms. The molecule has 0 spiro atoms. The summed E-state index contributed by atoms with van der Waals surface area (Å²) in [4.78, 5) is 20.6. The first-order valence-corrected chi connectivity index (χ1v) is 12.4. The number of fused-ring (bicyclic) bond motifs is 1. The van der Waals surface area contributed by atoms with Crippen LogP contribution in [-0.4, -0.2) is 72.9 Å². The summed E-state index contributed by atoms with van der Waals surface area (Å²) in [6.45, 7) is 6.13. The normalized spacial score (nSPS) is 30.7. The number of aromatic nitrogens is 2.